The van der Waals surface area contributed by atoms with E-state index in [0.29, 0.717) is 0 Å². The Morgan fingerprint density at radius 2 is 1.93 bits per heavy atom. The molecule has 144 valence electrons. The first-order valence-corrected chi connectivity index (χ1v) is 7.97. The molecule has 0 bridgehead atoms. The van der Waals surface area contributed by atoms with E-state index >= 15 is 0 Å². The quantitative estimate of drug-likeness (QED) is 0.337. The highest BCUT2D eigenvalue weighted by Gasteiger charge is 2.20. The van der Waals surface area contributed by atoms with Crippen molar-refractivity contribution in [3.05, 3.63) is 62.4 Å². The number of nitrogens with one attached hydrogen (secondary N) is 1. The van der Waals surface area contributed by atoms with Crippen LogP contribution in [0.4, 0.5) is 15.8 Å². The van der Waals surface area contributed by atoms with Gasteiger partial charge in [-0.05, 0) is 30.3 Å². The van der Waals surface area contributed by atoms with E-state index in [1.807, 2.05) is 0 Å². The van der Waals surface area contributed by atoms with E-state index in [0.717, 1.165) is 18.2 Å². The van der Waals surface area contributed by atoms with Crippen LogP contribution in [0.25, 0.3) is 6.08 Å². The Morgan fingerprint density at radius 1 is 1.29 bits per heavy atom. The highest BCUT2D eigenvalue weighted by molar-refractivity contribution is 6.31. The second-order valence-corrected chi connectivity index (χ2v) is 5.68. The fraction of sp³-hybridized carbons (Fsp3) is 0.111. The molecule has 0 unspecified atom stereocenters. The molecule has 0 aliphatic carbocycles. The standard InChI is InChI=1S/C18H13ClFN3O5/c1-27-16-6-10(15(23(25)26)8-17(16)28-2)5-11(9-21)18(24)22-12-3-4-14(20)13(19)7-12/h3-8H,1-2H3,(H,22,24)/b11-5+. The summed E-state index contributed by atoms with van der Waals surface area (Å²) in [4.78, 5) is 23.0. The van der Waals surface area contributed by atoms with Crippen LogP contribution in [0, 0.1) is 27.3 Å². The number of anilines is 1. The van der Waals surface area contributed by atoms with Crippen molar-refractivity contribution in [2.75, 3.05) is 19.5 Å². The van der Waals surface area contributed by atoms with Crippen molar-refractivity contribution in [2.24, 2.45) is 0 Å². The van der Waals surface area contributed by atoms with Crippen molar-refractivity contribution in [3.8, 4) is 17.6 Å². The smallest absolute Gasteiger partial charge is 0.280 e. The average Bonchev–Trinajstić information content (AvgIpc) is 2.67. The highest BCUT2D eigenvalue weighted by atomic mass is 35.5. The number of ether oxygens (including phenoxy) is 2. The molecule has 2 rings (SSSR count). The van der Waals surface area contributed by atoms with Crippen LogP contribution in [-0.4, -0.2) is 25.1 Å². The molecular formula is C18H13ClFN3O5. The summed E-state index contributed by atoms with van der Waals surface area (Å²) in [5.74, 6) is -1.22. The number of carbonyl (C=O) groups is 1. The molecule has 0 aliphatic heterocycles. The lowest BCUT2D eigenvalue weighted by atomic mass is 10.1. The zero-order chi connectivity index (χ0) is 20.8. The molecule has 1 amide bonds. The molecule has 2 aromatic carbocycles. The van der Waals surface area contributed by atoms with Crippen LogP contribution in [-0.2, 0) is 4.79 Å². The highest BCUT2D eigenvalue weighted by Crippen LogP contribution is 2.35. The summed E-state index contributed by atoms with van der Waals surface area (Å²) < 4.78 is 23.3. The van der Waals surface area contributed by atoms with Gasteiger partial charge in [-0.25, -0.2) is 4.39 Å². The minimum Gasteiger partial charge on any atom is -0.493 e. The molecule has 0 spiro atoms. The zero-order valence-electron chi connectivity index (χ0n) is 14.7. The van der Waals surface area contributed by atoms with Gasteiger partial charge < -0.3 is 14.8 Å². The van der Waals surface area contributed by atoms with Gasteiger partial charge in [0.25, 0.3) is 11.6 Å². The Bertz CT molecular complexity index is 1020. The van der Waals surface area contributed by atoms with Crippen LogP contribution in [0.15, 0.2) is 35.9 Å². The number of carbonyl (C=O) groups excluding carboxylic acids is 1. The van der Waals surface area contributed by atoms with E-state index in [9.17, 15) is 24.6 Å². The molecular weight excluding hydrogens is 393 g/mol. The molecule has 2 aromatic rings. The van der Waals surface area contributed by atoms with Crippen LogP contribution in [0.1, 0.15) is 5.56 Å². The molecule has 0 saturated carbocycles. The minimum absolute atomic E-state index is 0.0357. The van der Waals surface area contributed by atoms with Crippen LogP contribution >= 0.6 is 11.6 Å². The van der Waals surface area contributed by atoms with Gasteiger partial charge in [-0.3, -0.25) is 14.9 Å². The molecule has 10 heteroatoms. The molecule has 0 saturated heterocycles. The second-order valence-electron chi connectivity index (χ2n) is 5.28. The monoisotopic (exact) mass is 405 g/mol. The maximum Gasteiger partial charge on any atom is 0.280 e. The van der Waals surface area contributed by atoms with Gasteiger partial charge in [0.05, 0.1) is 35.8 Å². The van der Waals surface area contributed by atoms with Gasteiger partial charge in [-0.15, -0.1) is 0 Å². The molecule has 0 atom stereocenters. The van der Waals surface area contributed by atoms with Gasteiger partial charge in [0.1, 0.15) is 17.5 Å². The molecule has 0 radical (unpaired) electrons. The number of benzene rings is 2. The first-order chi connectivity index (χ1) is 13.3. The number of amides is 1. The predicted octanol–water partition coefficient (Wildman–Crippen LogP) is 3.95. The SMILES string of the molecule is COc1cc(/C=C(\C#N)C(=O)Nc2ccc(F)c(Cl)c2)c([N+](=O)[O-])cc1OC. The summed E-state index contributed by atoms with van der Waals surface area (Å²) in [6, 6.07) is 7.55. The zero-order valence-corrected chi connectivity index (χ0v) is 15.4. The lowest BCUT2D eigenvalue weighted by molar-refractivity contribution is -0.385. The van der Waals surface area contributed by atoms with E-state index in [1.165, 1.54) is 32.4 Å². The van der Waals surface area contributed by atoms with E-state index in [2.05, 4.69) is 5.32 Å². The molecule has 0 heterocycles. The maximum atomic E-state index is 13.2. The average molecular weight is 406 g/mol. The van der Waals surface area contributed by atoms with Crippen molar-refractivity contribution in [1.82, 2.24) is 0 Å². The van der Waals surface area contributed by atoms with Crippen molar-refractivity contribution in [1.29, 1.82) is 5.26 Å². The number of hydrogen-bond donors (Lipinski definition) is 1. The van der Waals surface area contributed by atoms with Gasteiger partial charge in [0.2, 0.25) is 0 Å². The van der Waals surface area contributed by atoms with Gasteiger partial charge in [0.15, 0.2) is 11.5 Å². The third kappa shape index (κ3) is 4.55. The predicted molar refractivity (Wildman–Crippen MR) is 99.8 cm³/mol. The van der Waals surface area contributed by atoms with Crippen molar-refractivity contribution < 1.29 is 23.6 Å². The lowest BCUT2D eigenvalue weighted by Gasteiger charge is -2.09. The number of nitriles is 1. The van der Waals surface area contributed by atoms with E-state index in [-0.39, 0.29) is 33.5 Å². The first-order valence-electron chi connectivity index (χ1n) is 7.59. The number of nitro benzene ring substituents is 1. The van der Waals surface area contributed by atoms with E-state index in [4.69, 9.17) is 21.1 Å². The first kappa shape index (κ1) is 20.7. The topological polar surface area (TPSA) is 114 Å². The third-order valence-corrected chi connectivity index (χ3v) is 3.86. The largest absolute Gasteiger partial charge is 0.493 e. The molecule has 8 nitrogen and oxygen atoms in total. The van der Waals surface area contributed by atoms with Gasteiger partial charge in [-0.2, -0.15) is 5.26 Å². The number of methoxy groups -OCH3 is 2. The number of rotatable bonds is 6. The van der Waals surface area contributed by atoms with Crippen molar-refractivity contribution in [2.45, 2.75) is 0 Å². The minimum atomic E-state index is -0.853. The number of hydrogen-bond acceptors (Lipinski definition) is 6. The summed E-state index contributed by atoms with van der Waals surface area (Å²) in [6.45, 7) is 0. The summed E-state index contributed by atoms with van der Waals surface area (Å²) in [6.07, 6.45) is 1.04. The van der Waals surface area contributed by atoms with Crippen LogP contribution in [0.2, 0.25) is 5.02 Å². The van der Waals surface area contributed by atoms with Gasteiger partial charge >= 0.3 is 0 Å². The van der Waals surface area contributed by atoms with Crippen molar-refractivity contribution in [3.63, 3.8) is 0 Å². The van der Waals surface area contributed by atoms with E-state index < -0.39 is 22.2 Å². The Hall–Kier alpha value is -3.64. The molecule has 0 fully saturated rings. The Kier molecular flexibility index (Phi) is 6.52. The Morgan fingerprint density at radius 3 is 2.46 bits per heavy atom. The summed E-state index contributed by atoms with van der Waals surface area (Å²) >= 11 is 5.65. The van der Waals surface area contributed by atoms with Crippen LogP contribution in [0.3, 0.4) is 0 Å². The number of halogens is 2. The molecule has 1 N–H and O–H groups in total. The Balaban J connectivity index is 2.45. The molecule has 0 aromatic heterocycles. The number of nitro groups is 1. The summed E-state index contributed by atoms with van der Waals surface area (Å²) in [7, 11) is 2.66. The summed E-state index contributed by atoms with van der Waals surface area (Å²) in [5, 5.41) is 22.8. The van der Waals surface area contributed by atoms with Crippen molar-refractivity contribution >= 4 is 35.0 Å². The fourth-order valence-corrected chi connectivity index (χ4v) is 2.41. The van der Waals surface area contributed by atoms with Gasteiger partial charge in [-0.1, -0.05) is 11.6 Å². The van der Waals surface area contributed by atoms with E-state index in [1.54, 1.807) is 6.07 Å². The van der Waals surface area contributed by atoms with Gasteiger partial charge in [0, 0.05) is 5.69 Å². The second kappa shape index (κ2) is 8.83. The molecule has 28 heavy (non-hydrogen) atoms. The maximum absolute atomic E-state index is 13.2. The fourth-order valence-electron chi connectivity index (χ4n) is 2.23. The normalized spacial score (nSPS) is 10.8. The lowest BCUT2D eigenvalue weighted by Crippen LogP contribution is -2.13. The van der Waals surface area contributed by atoms with Crippen LogP contribution in [0.5, 0.6) is 11.5 Å². The summed E-state index contributed by atoms with van der Waals surface area (Å²) in [5.41, 5.74) is -0.690. The third-order valence-electron chi connectivity index (χ3n) is 3.57. The Labute approximate surface area is 163 Å². The van der Waals surface area contributed by atoms with Crippen LogP contribution < -0.4 is 14.8 Å². The number of nitrogens with zero attached hydrogens (tertiary/aromatic N) is 2. The molecule has 0 aliphatic rings.